The van der Waals surface area contributed by atoms with Crippen molar-refractivity contribution in [2.75, 3.05) is 13.2 Å². The largest absolute Gasteiger partial charge is 0.489 e. The normalized spacial score (nSPS) is 22.1. The molecule has 12 nitrogen and oxygen atoms in total. The van der Waals surface area contributed by atoms with Crippen molar-refractivity contribution in [1.29, 1.82) is 5.26 Å². The third-order valence-corrected chi connectivity index (χ3v) is 15.5. The molecule has 0 unspecified atom stereocenters. The number of amides is 3. The Morgan fingerprint density at radius 3 is 2.34 bits per heavy atom. The maximum absolute atomic E-state index is 15.0. The molecule has 67 heavy (non-hydrogen) atoms. The SMILES string of the molecule is C#CCC[C@@H](OCC(=O)N[C@@H](C(=O)[C@]1(C(N)=O)CCCN1[C@@H](C)c1ccc(-c2scnc2C)cc1)C(C)(C)C)c1ccc2c(c1)CN(C1C(C)(C)C(Oc3ccc(C#N)c(Cl)c3)C1(C)C)C2=O. The summed E-state index contributed by atoms with van der Waals surface area (Å²) in [6.45, 7) is 18.3. The highest BCUT2D eigenvalue weighted by Gasteiger charge is 2.67. The van der Waals surface area contributed by atoms with E-state index in [1.165, 1.54) is 0 Å². The number of carbonyl (C=O) groups is 4. The van der Waals surface area contributed by atoms with Crippen molar-refractivity contribution in [3.8, 4) is 34.6 Å². The molecular weight excluding hydrogens is 884 g/mol. The van der Waals surface area contributed by atoms with E-state index in [9.17, 15) is 24.4 Å². The van der Waals surface area contributed by atoms with Crippen LogP contribution < -0.4 is 15.8 Å². The monoisotopic (exact) mass is 944 g/mol. The second-order valence-corrected chi connectivity index (χ2v) is 21.8. The number of likely N-dealkylation sites (tertiary alicyclic amines) is 1. The maximum Gasteiger partial charge on any atom is 0.254 e. The summed E-state index contributed by atoms with van der Waals surface area (Å²) in [6.07, 6.45) is 6.45. The van der Waals surface area contributed by atoms with E-state index < -0.39 is 51.5 Å². The third-order valence-electron chi connectivity index (χ3n) is 14.2. The predicted octanol–water partition coefficient (Wildman–Crippen LogP) is 9.13. The van der Waals surface area contributed by atoms with Crippen molar-refractivity contribution in [3.63, 3.8) is 0 Å². The highest BCUT2D eigenvalue weighted by Crippen LogP contribution is 2.59. The number of terminal acetylenes is 1. The van der Waals surface area contributed by atoms with Crippen LogP contribution in [0.4, 0.5) is 0 Å². The zero-order valence-corrected chi connectivity index (χ0v) is 41.4. The van der Waals surface area contributed by atoms with E-state index in [1.807, 2.05) is 92.4 Å². The molecule has 3 amide bonds. The quantitative estimate of drug-likeness (QED) is 0.0823. The molecule has 3 aliphatic rings. The number of aryl methyl sites for hydroxylation is 1. The molecule has 3 N–H and O–H groups in total. The molecule has 14 heteroatoms. The lowest BCUT2D eigenvalue weighted by molar-refractivity contribution is -0.199. The highest BCUT2D eigenvalue weighted by molar-refractivity contribution is 7.13. The average molecular weight is 946 g/mol. The summed E-state index contributed by atoms with van der Waals surface area (Å²) < 4.78 is 12.8. The first kappa shape index (κ1) is 49.3. The molecule has 1 aliphatic carbocycles. The summed E-state index contributed by atoms with van der Waals surface area (Å²) in [6, 6.07) is 19.2. The number of fused-ring (bicyclic) bond motifs is 1. The summed E-state index contributed by atoms with van der Waals surface area (Å²) >= 11 is 7.90. The topological polar surface area (TPSA) is 168 Å². The van der Waals surface area contributed by atoms with Gasteiger partial charge in [0.25, 0.3) is 5.91 Å². The summed E-state index contributed by atoms with van der Waals surface area (Å²) in [4.78, 5) is 65.9. The Morgan fingerprint density at radius 1 is 1.06 bits per heavy atom. The van der Waals surface area contributed by atoms with Gasteiger partial charge in [0.2, 0.25) is 11.8 Å². The number of benzene rings is 3. The Hall–Kier alpha value is -5.57. The highest BCUT2D eigenvalue weighted by atomic mass is 35.5. The number of nitriles is 1. The van der Waals surface area contributed by atoms with Crippen LogP contribution in [0.2, 0.25) is 5.02 Å². The van der Waals surface area contributed by atoms with E-state index in [4.69, 9.17) is 33.2 Å². The summed E-state index contributed by atoms with van der Waals surface area (Å²) in [5, 5.41) is 12.6. The number of rotatable bonds is 16. The van der Waals surface area contributed by atoms with Crippen molar-refractivity contribution in [1.82, 2.24) is 20.1 Å². The molecule has 3 aromatic carbocycles. The minimum atomic E-state index is -1.65. The van der Waals surface area contributed by atoms with Gasteiger partial charge in [-0.05, 0) is 79.0 Å². The average Bonchev–Trinajstić information content (AvgIpc) is 4.01. The number of nitrogens with zero attached hydrogens (tertiary/aromatic N) is 4. The Morgan fingerprint density at radius 2 is 1.75 bits per heavy atom. The molecular formula is C53H61ClN6O6S. The van der Waals surface area contributed by atoms with E-state index >= 15 is 0 Å². The molecule has 0 spiro atoms. The lowest BCUT2D eigenvalue weighted by Gasteiger charge is -2.65. The fourth-order valence-electron chi connectivity index (χ4n) is 11.3. The number of hydrogen-bond donors (Lipinski definition) is 2. The third kappa shape index (κ3) is 9.12. The molecule has 3 heterocycles. The van der Waals surface area contributed by atoms with E-state index in [2.05, 4.69) is 50.0 Å². The number of primary amides is 1. The zero-order chi connectivity index (χ0) is 48.8. The van der Waals surface area contributed by atoms with Gasteiger partial charge in [-0.3, -0.25) is 24.1 Å². The predicted molar refractivity (Wildman–Crippen MR) is 260 cm³/mol. The van der Waals surface area contributed by atoms with Gasteiger partial charge in [0, 0.05) is 54.1 Å². The van der Waals surface area contributed by atoms with Gasteiger partial charge in [0.1, 0.15) is 24.5 Å². The van der Waals surface area contributed by atoms with E-state index in [1.54, 1.807) is 29.5 Å². The number of nitrogens with one attached hydrogen (secondary N) is 1. The molecule has 1 saturated heterocycles. The van der Waals surface area contributed by atoms with Crippen LogP contribution >= 0.6 is 22.9 Å². The molecule has 0 bridgehead atoms. The van der Waals surface area contributed by atoms with Crippen molar-refractivity contribution >= 4 is 46.4 Å². The van der Waals surface area contributed by atoms with Gasteiger partial charge in [-0.1, -0.05) is 96.5 Å². The van der Waals surface area contributed by atoms with Gasteiger partial charge < -0.3 is 25.4 Å². The van der Waals surface area contributed by atoms with E-state index in [0.717, 1.165) is 32.8 Å². The van der Waals surface area contributed by atoms with E-state index in [-0.39, 0.29) is 37.1 Å². The first-order chi connectivity index (χ1) is 31.6. The molecule has 1 aromatic heterocycles. The van der Waals surface area contributed by atoms with Gasteiger partial charge in [-0.2, -0.15) is 5.26 Å². The molecule has 2 aliphatic heterocycles. The fraction of sp³-hybridized carbons (Fsp3) is 0.472. The van der Waals surface area contributed by atoms with Gasteiger partial charge in [-0.15, -0.1) is 23.7 Å². The molecule has 4 aromatic rings. The number of ether oxygens (including phenoxy) is 2. The van der Waals surface area contributed by atoms with Crippen LogP contribution in [-0.4, -0.2) is 75.2 Å². The van der Waals surface area contributed by atoms with Crippen LogP contribution in [0, 0.1) is 46.8 Å². The van der Waals surface area contributed by atoms with Crippen molar-refractivity contribution in [2.45, 2.75) is 130 Å². The van der Waals surface area contributed by atoms with Crippen molar-refractivity contribution in [3.05, 3.63) is 105 Å². The Kier molecular flexibility index (Phi) is 13.9. The summed E-state index contributed by atoms with van der Waals surface area (Å²) in [5.74, 6) is 1.44. The Labute approximate surface area is 403 Å². The number of ketones is 1. The number of hydrogen-bond acceptors (Lipinski definition) is 10. The minimum Gasteiger partial charge on any atom is -0.489 e. The molecule has 2 fully saturated rings. The zero-order valence-electron chi connectivity index (χ0n) is 39.9. The lowest BCUT2D eigenvalue weighted by atomic mass is 9.49. The van der Waals surface area contributed by atoms with Crippen LogP contribution in [0.5, 0.6) is 5.75 Å². The first-order valence-corrected chi connectivity index (χ1v) is 24.1. The second-order valence-electron chi connectivity index (χ2n) is 20.5. The van der Waals surface area contributed by atoms with Crippen LogP contribution in [0.1, 0.15) is 132 Å². The molecule has 352 valence electrons. The van der Waals surface area contributed by atoms with Crippen LogP contribution in [-0.2, 0) is 25.7 Å². The smallest absolute Gasteiger partial charge is 0.254 e. The molecule has 4 atom stereocenters. The first-order valence-electron chi connectivity index (χ1n) is 22.8. The van der Waals surface area contributed by atoms with Gasteiger partial charge >= 0.3 is 0 Å². The second kappa shape index (κ2) is 18.8. The summed E-state index contributed by atoms with van der Waals surface area (Å²) in [7, 11) is 0. The Balaban J connectivity index is 1.05. The maximum atomic E-state index is 15.0. The van der Waals surface area contributed by atoms with Crippen LogP contribution in [0.15, 0.2) is 66.2 Å². The number of thiazole rings is 1. The van der Waals surface area contributed by atoms with Gasteiger partial charge in [0.15, 0.2) is 11.3 Å². The number of carbonyl (C=O) groups excluding carboxylic acids is 4. The van der Waals surface area contributed by atoms with Gasteiger partial charge in [-0.25, -0.2) is 4.98 Å². The standard InChI is InChI=1S/C53H61ClN6O6S/c1-11-12-14-41(35-20-22-39-37(25-35)28-59(46(39)63)47-51(7,8)48(52(47,9)10)66-38-21-19-36(27-55)40(54)26-38)65-29-42(61)58-44(50(4,5)6)45(62)53(49(56)64)23-13-24-60(53)32(3)33-15-17-34(18-16-33)43-31(2)57-30-67-43/h1,15-22,25-26,30,32,41,44,47-48H,12-14,23-24,28-29H2,2-10H3,(H2,56,64)(H,58,61)/t32-,41+,44-,47?,48?,53-/m0/s1. The lowest BCUT2D eigenvalue weighted by Crippen LogP contribution is -2.74. The fourth-order valence-corrected chi connectivity index (χ4v) is 12.3. The number of aromatic nitrogens is 1. The van der Waals surface area contributed by atoms with Crippen LogP contribution in [0.3, 0.4) is 0 Å². The number of nitrogens with two attached hydrogens (primary N) is 1. The molecule has 0 radical (unpaired) electrons. The van der Waals surface area contributed by atoms with Crippen molar-refractivity contribution in [2.24, 2.45) is 22.0 Å². The van der Waals surface area contributed by atoms with Crippen molar-refractivity contribution < 1.29 is 28.7 Å². The van der Waals surface area contributed by atoms with Gasteiger partial charge in [0.05, 0.1) is 38.8 Å². The van der Waals surface area contributed by atoms with E-state index in [0.29, 0.717) is 54.3 Å². The number of Topliss-reactive ketones (excluding diaryl/α,β-unsaturated/α-hetero) is 1. The summed E-state index contributed by atoms with van der Waals surface area (Å²) in [5.41, 5.74) is 10.2. The Bertz CT molecular complexity index is 2640. The van der Waals surface area contributed by atoms with Crippen LogP contribution in [0.25, 0.3) is 10.4 Å². The minimum absolute atomic E-state index is 0.0743. The number of halogens is 1. The molecule has 1 saturated carbocycles. The molecule has 7 rings (SSSR count).